The van der Waals surface area contributed by atoms with Crippen LogP contribution in [0.2, 0.25) is 0 Å². The van der Waals surface area contributed by atoms with Crippen LogP contribution in [0.1, 0.15) is 19.0 Å². The van der Waals surface area contributed by atoms with Crippen molar-refractivity contribution >= 4 is 17.6 Å². The number of hydrogen-bond acceptors (Lipinski definition) is 3. The van der Waals surface area contributed by atoms with E-state index < -0.39 is 17.7 Å². The Kier molecular flexibility index (Phi) is 8.79. The van der Waals surface area contributed by atoms with Gasteiger partial charge in [0, 0.05) is 50.9 Å². The van der Waals surface area contributed by atoms with Gasteiger partial charge in [0.2, 0.25) is 5.91 Å². The molecule has 3 amide bonds. The molecule has 9 heteroatoms. The lowest BCUT2D eigenvalue weighted by Gasteiger charge is -2.27. The van der Waals surface area contributed by atoms with Crippen LogP contribution in [0.15, 0.2) is 36.5 Å². The third-order valence-corrected chi connectivity index (χ3v) is 4.60. The average molecular weight is 422 g/mol. The molecule has 0 aliphatic heterocycles. The highest BCUT2D eigenvalue weighted by Gasteiger charge is 2.22. The van der Waals surface area contributed by atoms with Gasteiger partial charge in [0.1, 0.15) is 6.54 Å². The van der Waals surface area contributed by atoms with Gasteiger partial charge in [-0.15, -0.1) is 0 Å². The van der Waals surface area contributed by atoms with Gasteiger partial charge in [0.15, 0.2) is 11.6 Å². The van der Waals surface area contributed by atoms with Crippen LogP contribution >= 0.6 is 0 Å². The Morgan fingerprint density at radius 2 is 1.90 bits per heavy atom. The number of carbonyl (C=O) groups is 2. The molecule has 2 rings (SSSR count). The second kappa shape index (κ2) is 11.3. The zero-order valence-corrected chi connectivity index (χ0v) is 17.5. The van der Waals surface area contributed by atoms with Crippen molar-refractivity contribution in [2.75, 3.05) is 38.7 Å². The first-order valence-electron chi connectivity index (χ1n) is 9.73. The van der Waals surface area contributed by atoms with E-state index in [0.29, 0.717) is 32.7 Å². The first kappa shape index (κ1) is 23.3. The van der Waals surface area contributed by atoms with E-state index in [0.717, 1.165) is 17.8 Å². The monoisotopic (exact) mass is 422 g/mol. The van der Waals surface area contributed by atoms with Crippen LogP contribution in [0.5, 0.6) is 0 Å². The maximum absolute atomic E-state index is 13.4. The highest BCUT2D eigenvalue weighted by atomic mass is 19.2. The average Bonchev–Trinajstić information content (AvgIpc) is 3.12. The molecule has 0 bridgehead atoms. The minimum Gasteiger partial charge on any atom is -0.383 e. The fourth-order valence-electron chi connectivity index (χ4n) is 2.91. The molecule has 0 aliphatic rings. The number of methoxy groups -OCH3 is 1. The van der Waals surface area contributed by atoms with Gasteiger partial charge in [0.05, 0.1) is 13.2 Å². The summed E-state index contributed by atoms with van der Waals surface area (Å²) in [5.41, 5.74) is 1.07. The molecule has 30 heavy (non-hydrogen) atoms. The summed E-state index contributed by atoms with van der Waals surface area (Å²) in [5.74, 6) is -2.29. The van der Waals surface area contributed by atoms with Crippen LogP contribution in [0.4, 0.5) is 19.3 Å². The van der Waals surface area contributed by atoms with Crippen LogP contribution in [0.25, 0.3) is 0 Å². The van der Waals surface area contributed by atoms with Gasteiger partial charge in [-0.05, 0) is 30.7 Å². The minimum atomic E-state index is -1.06. The van der Waals surface area contributed by atoms with Gasteiger partial charge in [-0.25, -0.2) is 13.6 Å². The molecule has 0 fully saturated rings. The van der Waals surface area contributed by atoms with Crippen molar-refractivity contribution < 1.29 is 23.1 Å². The number of ether oxygens (including phenoxy) is 1. The molecule has 1 N–H and O–H groups in total. The molecule has 0 radical (unpaired) electrons. The molecule has 1 aromatic carbocycles. The number of halogens is 2. The van der Waals surface area contributed by atoms with E-state index in [-0.39, 0.29) is 18.1 Å². The predicted molar refractivity (Wildman–Crippen MR) is 110 cm³/mol. The largest absolute Gasteiger partial charge is 0.383 e. The third-order valence-electron chi connectivity index (χ3n) is 4.60. The van der Waals surface area contributed by atoms with Crippen molar-refractivity contribution in [3.05, 3.63) is 53.9 Å². The highest BCUT2D eigenvalue weighted by Crippen LogP contribution is 2.14. The molecule has 0 unspecified atom stereocenters. The maximum Gasteiger partial charge on any atom is 0.322 e. The normalized spacial score (nSPS) is 10.7. The number of aryl methyl sites for hydroxylation is 1. The van der Waals surface area contributed by atoms with Crippen molar-refractivity contribution in [3.8, 4) is 0 Å². The number of nitrogens with zero attached hydrogens (tertiary/aromatic N) is 3. The van der Waals surface area contributed by atoms with Crippen LogP contribution in [0, 0.1) is 11.6 Å². The quantitative estimate of drug-likeness (QED) is 0.639. The van der Waals surface area contributed by atoms with Gasteiger partial charge in [0.25, 0.3) is 0 Å². The van der Waals surface area contributed by atoms with E-state index in [2.05, 4.69) is 5.32 Å². The molecule has 7 nitrogen and oxygen atoms in total. The van der Waals surface area contributed by atoms with Gasteiger partial charge in [-0.1, -0.05) is 6.92 Å². The second-order valence-corrected chi connectivity index (χ2v) is 6.90. The van der Waals surface area contributed by atoms with Crippen molar-refractivity contribution in [2.24, 2.45) is 7.05 Å². The standard InChI is InChI=1S/C21H28F2N4O3/c1-4-9-27(21(29)24-16-7-8-18(22)19(23)13-16)15-20(28)26(11-12-30-3)14-17-6-5-10-25(17)2/h5-8,10,13H,4,9,11-12,14-15H2,1-3H3,(H,24,29). The zero-order chi connectivity index (χ0) is 22.1. The smallest absolute Gasteiger partial charge is 0.322 e. The van der Waals surface area contributed by atoms with Gasteiger partial charge in [-0.3, -0.25) is 4.79 Å². The maximum atomic E-state index is 13.4. The summed E-state index contributed by atoms with van der Waals surface area (Å²) >= 11 is 0. The number of rotatable bonds is 10. The SMILES string of the molecule is CCCN(CC(=O)N(CCOC)Cc1cccn1C)C(=O)Nc1ccc(F)c(F)c1. The Balaban J connectivity index is 2.08. The Bertz CT molecular complexity index is 857. The highest BCUT2D eigenvalue weighted by molar-refractivity contribution is 5.92. The topological polar surface area (TPSA) is 66.8 Å². The summed E-state index contributed by atoms with van der Waals surface area (Å²) in [5, 5.41) is 2.52. The number of urea groups is 1. The number of carbonyl (C=O) groups excluding carboxylic acids is 2. The molecule has 1 heterocycles. The van der Waals surface area contributed by atoms with Crippen molar-refractivity contribution in [2.45, 2.75) is 19.9 Å². The minimum absolute atomic E-state index is 0.118. The van der Waals surface area contributed by atoms with E-state index in [1.807, 2.05) is 36.9 Å². The van der Waals surface area contributed by atoms with Gasteiger partial charge < -0.3 is 24.4 Å². The number of amides is 3. The van der Waals surface area contributed by atoms with Crippen LogP contribution in [-0.2, 0) is 23.1 Å². The number of nitrogens with one attached hydrogen (secondary N) is 1. The first-order valence-corrected chi connectivity index (χ1v) is 9.73. The van der Waals surface area contributed by atoms with E-state index in [1.165, 1.54) is 11.0 Å². The predicted octanol–water partition coefficient (Wildman–Crippen LogP) is 3.22. The van der Waals surface area contributed by atoms with Gasteiger partial charge >= 0.3 is 6.03 Å². The van der Waals surface area contributed by atoms with Gasteiger partial charge in [-0.2, -0.15) is 0 Å². The molecule has 164 valence electrons. The molecule has 0 atom stereocenters. The van der Waals surface area contributed by atoms with E-state index in [1.54, 1.807) is 12.0 Å². The Hall–Kier alpha value is -2.94. The van der Waals surface area contributed by atoms with Crippen molar-refractivity contribution in [1.82, 2.24) is 14.4 Å². The third kappa shape index (κ3) is 6.55. The van der Waals surface area contributed by atoms with E-state index in [9.17, 15) is 18.4 Å². The van der Waals surface area contributed by atoms with Crippen molar-refractivity contribution in [3.63, 3.8) is 0 Å². The van der Waals surface area contributed by atoms with Crippen LogP contribution in [0.3, 0.4) is 0 Å². The van der Waals surface area contributed by atoms with E-state index in [4.69, 9.17) is 4.74 Å². The summed E-state index contributed by atoms with van der Waals surface area (Å²) in [6, 6.07) is 6.37. The second-order valence-electron chi connectivity index (χ2n) is 6.90. The number of benzene rings is 1. The van der Waals surface area contributed by atoms with Crippen LogP contribution in [-0.4, -0.2) is 59.7 Å². The molecule has 0 saturated carbocycles. The summed E-state index contributed by atoms with van der Waals surface area (Å²) in [6.07, 6.45) is 2.53. The molecular weight excluding hydrogens is 394 g/mol. The molecule has 1 aromatic heterocycles. The lowest BCUT2D eigenvalue weighted by atomic mass is 10.3. The molecule has 2 aromatic rings. The molecule has 0 aliphatic carbocycles. The number of anilines is 1. The fourth-order valence-corrected chi connectivity index (χ4v) is 2.91. The Morgan fingerprint density at radius 3 is 2.50 bits per heavy atom. The molecule has 0 saturated heterocycles. The summed E-state index contributed by atoms with van der Waals surface area (Å²) < 4.78 is 33.5. The first-order chi connectivity index (χ1) is 14.3. The zero-order valence-electron chi connectivity index (χ0n) is 17.5. The lowest BCUT2D eigenvalue weighted by molar-refractivity contribution is -0.133. The van der Waals surface area contributed by atoms with Crippen molar-refractivity contribution in [1.29, 1.82) is 0 Å². The summed E-state index contributed by atoms with van der Waals surface area (Å²) in [7, 11) is 3.46. The molecule has 0 spiro atoms. The Morgan fingerprint density at radius 1 is 1.13 bits per heavy atom. The Labute approximate surface area is 175 Å². The number of aromatic nitrogens is 1. The molecular formula is C21H28F2N4O3. The lowest BCUT2D eigenvalue weighted by Crippen LogP contribution is -2.45. The van der Waals surface area contributed by atoms with E-state index >= 15 is 0 Å². The summed E-state index contributed by atoms with van der Waals surface area (Å²) in [6.45, 7) is 3.21. The number of hydrogen-bond donors (Lipinski definition) is 1. The van der Waals surface area contributed by atoms with Crippen LogP contribution < -0.4 is 5.32 Å². The summed E-state index contributed by atoms with van der Waals surface area (Å²) in [4.78, 5) is 28.6. The fraction of sp³-hybridized carbons (Fsp3) is 0.429.